The topological polar surface area (TPSA) is 73.8 Å². The molecule has 4 aromatic rings. The molecule has 2 N–H and O–H groups in total. The third-order valence-corrected chi connectivity index (χ3v) is 6.78. The quantitative estimate of drug-likeness (QED) is 0.379. The first-order valence-corrected chi connectivity index (χ1v) is 11.8. The number of halogens is 1. The maximum atomic E-state index is 10.1. The molecule has 5 rings (SSSR count). The van der Waals surface area contributed by atoms with Crippen LogP contribution in [0.15, 0.2) is 54.9 Å². The highest BCUT2D eigenvalue weighted by Gasteiger charge is 2.24. The van der Waals surface area contributed by atoms with Crippen LogP contribution in [0.5, 0.6) is 11.5 Å². The monoisotopic (exact) mass is 488 g/mol. The Morgan fingerprint density at radius 2 is 2.00 bits per heavy atom. The third kappa shape index (κ3) is 4.70. The average molecular weight is 489 g/mol. The van der Waals surface area contributed by atoms with Crippen molar-refractivity contribution in [3.8, 4) is 22.6 Å². The molecule has 35 heavy (non-hydrogen) atoms. The maximum absolute atomic E-state index is 10.1. The van der Waals surface area contributed by atoms with Gasteiger partial charge in [-0.1, -0.05) is 17.7 Å². The van der Waals surface area contributed by atoms with Gasteiger partial charge in [0, 0.05) is 36.8 Å². The molecule has 0 saturated carbocycles. The van der Waals surface area contributed by atoms with E-state index in [4.69, 9.17) is 21.3 Å². The molecule has 2 aromatic heterocycles. The second kappa shape index (κ2) is 9.60. The summed E-state index contributed by atoms with van der Waals surface area (Å²) in [5, 5.41) is 14.7. The fourth-order valence-electron chi connectivity index (χ4n) is 4.43. The molecule has 8 heteroatoms. The predicted molar refractivity (Wildman–Crippen MR) is 141 cm³/mol. The predicted octanol–water partition coefficient (Wildman–Crippen LogP) is 5.35. The summed E-state index contributed by atoms with van der Waals surface area (Å²) in [4.78, 5) is 13.8. The summed E-state index contributed by atoms with van der Waals surface area (Å²) in [5.74, 6) is 1.24. The van der Waals surface area contributed by atoms with Gasteiger partial charge < -0.3 is 25.0 Å². The summed E-state index contributed by atoms with van der Waals surface area (Å²) < 4.78 is 5.26. The van der Waals surface area contributed by atoms with E-state index in [-0.39, 0.29) is 10.8 Å². The van der Waals surface area contributed by atoms with Crippen LogP contribution in [0.4, 0.5) is 17.2 Å². The molecule has 1 saturated heterocycles. The minimum atomic E-state index is -0.0711. The van der Waals surface area contributed by atoms with E-state index >= 15 is 0 Å². The molecule has 1 unspecified atom stereocenters. The zero-order valence-corrected chi connectivity index (χ0v) is 20.7. The summed E-state index contributed by atoms with van der Waals surface area (Å²) in [7, 11) is 5.75. The van der Waals surface area contributed by atoms with Gasteiger partial charge in [-0.25, -0.2) is 4.98 Å². The smallest absolute Gasteiger partial charge is 0.176 e. The fourth-order valence-corrected chi connectivity index (χ4v) is 4.65. The highest BCUT2D eigenvalue weighted by Crippen LogP contribution is 2.39. The molecule has 2 aromatic carbocycles. The number of ether oxygens (including phenoxy) is 1. The van der Waals surface area contributed by atoms with E-state index in [1.807, 2.05) is 30.5 Å². The highest BCUT2D eigenvalue weighted by atomic mass is 35.5. The molecule has 0 spiro atoms. The number of pyridine rings is 2. The van der Waals surface area contributed by atoms with E-state index in [0.29, 0.717) is 11.8 Å². The van der Waals surface area contributed by atoms with E-state index in [9.17, 15) is 5.11 Å². The van der Waals surface area contributed by atoms with Gasteiger partial charge in [0.2, 0.25) is 0 Å². The van der Waals surface area contributed by atoms with Crippen LogP contribution in [-0.2, 0) is 0 Å². The van der Waals surface area contributed by atoms with Gasteiger partial charge in [-0.3, -0.25) is 4.98 Å². The van der Waals surface area contributed by atoms with E-state index in [2.05, 4.69) is 46.3 Å². The third-order valence-electron chi connectivity index (χ3n) is 6.49. The lowest BCUT2D eigenvalue weighted by Crippen LogP contribution is -2.31. The summed E-state index contributed by atoms with van der Waals surface area (Å²) in [5.41, 5.74) is 4.26. The summed E-state index contributed by atoms with van der Waals surface area (Å²) >= 11 is 6.21. The lowest BCUT2D eigenvalue weighted by atomic mass is 10.0. The number of methoxy groups -OCH3 is 1. The first-order chi connectivity index (χ1) is 16.9. The number of nitrogens with zero attached hydrogens (tertiary/aromatic N) is 4. The first-order valence-electron chi connectivity index (χ1n) is 11.4. The normalized spacial score (nSPS) is 15.7. The number of aromatic hydroxyl groups is 1. The molecule has 1 atom stereocenters. The van der Waals surface area contributed by atoms with Crippen LogP contribution in [0.2, 0.25) is 5.02 Å². The number of aromatic nitrogens is 2. The standard InChI is InChI=1S/C27H27ClN5O2/c1-32(2)20-9-11-33(16-20)26-7-5-19(15-30-26)31-24-8-10-29-23-6-4-17(12-21(23)24)18-13-22(28)27(34)25(14-18)35-3/h4-7,10,12-15,20,34H,9,11,16H2,1-3H3,(H,29,31). The number of phenolic OH excluding ortho intramolecular Hbond substituents is 1. The Morgan fingerprint density at radius 3 is 2.71 bits per heavy atom. The van der Waals surface area contributed by atoms with Crippen LogP contribution in [0.1, 0.15) is 6.42 Å². The van der Waals surface area contributed by atoms with E-state index in [1.165, 1.54) is 7.11 Å². The van der Waals surface area contributed by atoms with Gasteiger partial charge >= 0.3 is 0 Å². The number of benzene rings is 2. The lowest BCUT2D eigenvalue weighted by molar-refractivity contribution is 0.315. The van der Waals surface area contributed by atoms with Crippen molar-refractivity contribution in [3.63, 3.8) is 0 Å². The Morgan fingerprint density at radius 1 is 1.14 bits per heavy atom. The molecule has 3 heterocycles. The highest BCUT2D eigenvalue weighted by molar-refractivity contribution is 6.32. The summed E-state index contributed by atoms with van der Waals surface area (Å²) in [6.07, 6.45) is 4.66. The van der Waals surface area contributed by atoms with Crippen LogP contribution < -0.4 is 15.0 Å². The molecule has 1 aliphatic rings. The van der Waals surface area contributed by atoms with E-state index in [0.717, 1.165) is 58.7 Å². The summed E-state index contributed by atoms with van der Waals surface area (Å²) in [6.45, 7) is 2.00. The van der Waals surface area contributed by atoms with E-state index in [1.54, 1.807) is 18.3 Å². The molecule has 0 bridgehead atoms. The number of rotatable bonds is 6. The average Bonchev–Trinajstić information content (AvgIpc) is 3.37. The van der Waals surface area contributed by atoms with Gasteiger partial charge in [0.25, 0.3) is 0 Å². The van der Waals surface area contributed by atoms with Crippen molar-refractivity contribution in [3.05, 3.63) is 65.9 Å². The lowest BCUT2D eigenvalue weighted by Gasteiger charge is -2.21. The van der Waals surface area contributed by atoms with Gasteiger partial charge in [0.1, 0.15) is 5.82 Å². The molecule has 179 valence electrons. The van der Waals surface area contributed by atoms with Gasteiger partial charge in [0.15, 0.2) is 11.5 Å². The van der Waals surface area contributed by atoms with Crippen LogP contribution in [0.3, 0.4) is 0 Å². The largest absolute Gasteiger partial charge is 0.503 e. The van der Waals surface area contributed by atoms with Crippen molar-refractivity contribution >= 4 is 39.7 Å². The number of likely N-dealkylation sites (N-methyl/N-ethyl adjacent to an activating group) is 1. The Hall–Kier alpha value is -3.55. The molecule has 1 radical (unpaired) electrons. The Kier molecular flexibility index (Phi) is 6.36. The van der Waals surface area contributed by atoms with Crippen LogP contribution >= 0.6 is 11.6 Å². The van der Waals surface area contributed by atoms with Crippen molar-refractivity contribution in [2.75, 3.05) is 44.5 Å². The minimum absolute atomic E-state index is 0.0711. The van der Waals surface area contributed by atoms with Crippen molar-refractivity contribution < 1.29 is 9.84 Å². The SMILES string of the molecule is COc1cc(-c2ccc3nc[c]c(Nc4ccc(N5CCC(N(C)C)C5)nc4)c3c2)cc(Cl)c1O. The Balaban J connectivity index is 1.42. The maximum Gasteiger partial charge on any atom is 0.176 e. The molecular weight excluding hydrogens is 462 g/mol. The number of phenols is 1. The van der Waals surface area contributed by atoms with Crippen LogP contribution in [-0.4, -0.2) is 60.3 Å². The van der Waals surface area contributed by atoms with E-state index < -0.39 is 0 Å². The van der Waals surface area contributed by atoms with Crippen molar-refractivity contribution in [2.24, 2.45) is 0 Å². The minimum Gasteiger partial charge on any atom is -0.503 e. The molecule has 0 amide bonds. The number of nitrogens with one attached hydrogen (secondary N) is 1. The first kappa shape index (κ1) is 23.2. The van der Waals surface area contributed by atoms with Gasteiger partial charge in [0.05, 0.1) is 35.2 Å². The zero-order valence-electron chi connectivity index (χ0n) is 19.9. The Bertz CT molecular complexity index is 1360. The molecule has 0 aliphatic carbocycles. The fraction of sp³-hybridized carbons (Fsp3) is 0.259. The number of anilines is 3. The van der Waals surface area contributed by atoms with Gasteiger partial charge in [-0.2, -0.15) is 0 Å². The molecular formula is C27H27ClN5O2. The number of hydrogen-bond acceptors (Lipinski definition) is 7. The molecule has 1 fully saturated rings. The second-order valence-electron chi connectivity index (χ2n) is 8.90. The van der Waals surface area contributed by atoms with Crippen LogP contribution in [0, 0.1) is 6.07 Å². The zero-order chi connectivity index (χ0) is 24.5. The molecule has 1 aliphatic heterocycles. The number of hydrogen-bond donors (Lipinski definition) is 2. The summed E-state index contributed by atoms with van der Waals surface area (Å²) in [6, 6.07) is 17.3. The second-order valence-corrected chi connectivity index (χ2v) is 9.31. The van der Waals surface area contributed by atoms with Gasteiger partial charge in [-0.05, 0) is 68.0 Å². The van der Waals surface area contributed by atoms with Crippen molar-refractivity contribution in [2.45, 2.75) is 12.5 Å². The van der Waals surface area contributed by atoms with Gasteiger partial charge in [-0.15, -0.1) is 0 Å². The number of fused-ring (bicyclic) bond motifs is 1. The van der Waals surface area contributed by atoms with Crippen molar-refractivity contribution in [1.29, 1.82) is 0 Å². The molecule has 7 nitrogen and oxygen atoms in total. The van der Waals surface area contributed by atoms with Crippen molar-refractivity contribution in [1.82, 2.24) is 14.9 Å². The van der Waals surface area contributed by atoms with Crippen LogP contribution in [0.25, 0.3) is 22.0 Å². The Labute approximate surface area is 209 Å².